The SMILES string of the molecule is O=C(CC(c1cccc(Cl)c1)c1cn(Cc2ccccc2)c2ccccc12)NCc1ccco1. The van der Waals surface area contributed by atoms with E-state index in [9.17, 15) is 4.79 Å². The van der Waals surface area contributed by atoms with Crippen molar-refractivity contribution in [3.05, 3.63) is 131 Å². The maximum atomic E-state index is 13.0. The number of nitrogens with zero attached hydrogens (tertiary/aromatic N) is 1. The van der Waals surface area contributed by atoms with E-state index in [-0.39, 0.29) is 11.8 Å². The number of hydrogen-bond acceptors (Lipinski definition) is 2. The number of amides is 1. The molecular formula is C29H25ClN2O2. The van der Waals surface area contributed by atoms with Gasteiger partial charge in [0, 0.05) is 41.0 Å². The maximum absolute atomic E-state index is 13.0. The molecule has 0 saturated heterocycles. The zero-order valence-electron chi connectivity index (χ0n) is 18.7. The van der Waals surface area contributed by atoms with Crippen LogP contribution in [-0.4, -0.2) is 10.5 Å². The molecule has 4 nitrogen and oxygen atoms in total. The van der Waals surface area contributed by atoms with Crippen molar-refractivity contribution < 1.29 is 9.21 Å². The second-order valence-electron chi connectivity index (χ2n) is 8.38. The van der Waals surface area contributed by atoms with Crippen molar-refractivity contribution in [2.24, 2.45) is 0 Å². The fourth-order valence-electron chi connectivity index (χ4n) is 4.45. The Morgan fingerprint density at radius 2 is 1.76 bits per heavy atom. The third-order valence-corrected chi connectivity index (χ3v) is 6.31. The molecule has 2 heterocycles. The van der Waals surface area contributed by atoms with E-state index in [1.165, 1.54) is 5.56 Å². The van der Waals surface area contributed by atoms with Crippen molar-refractivity contribution >= 4 is 28.4 Å². The van der Waals surface area contributed by atoms with Gasteiger partial charge in [0.15, 0.2) is 0 Å². The molecule has 5 heteroatoms. The molecule has 0 spiro atoms. The van der Waals surface area contributed by atoms with Gasteiger partial charge in [-0.15, -0.1) is 0 Å². The van der Waals surface area contributed by atoms with Gasteiger partial charge >= 0.3 is 0 Å². The molecule has 1 N–H and O–H groups in total. The summed E-state index contributed by atoms with van der Waals surface area (Å²) in [4.78, 5) is 13.0. The fourth-order valence-corrected chi connectivity index (χ4v) is 4.65. The van der Waals surface area contributed by atoms with E-state index >= 15 is 0 Å². The van der Waals surface area contributed by atoms with Crippen LogP contribution in [0.25, 0.3) is 10.9 Å². The average Bonchev–Trinajstić information content (AvgIpc) is 3.50. The molecule has 1 unspecified atom stereocenters. The van der Waals surface area contributed by atoms with Gasteiger partial charge in [-0.3, -0.25) is 4.79 Å². The van der Waals surface area contributed by atoms with E-state index in [0.717, 1.165) is 34.3 Å². The third-order valence-electron chi connectivity index (χ3n) is 6.07. The van der Waals surface area contributed by atoms with Crippen LogP contribution in [0.15, 0.2) is 108 Å². The second-order valence-corrected chi connectivity index (χ2v) is 8.82. The first-order valence-corrected chi connectivity index (χ1v) is 11.7. The number of hydrogen-bond donors (Lipinski definition) is 1. The molecule has 5 aromatic rings. The zero-order valence-corrected chi connectivity index (χ0v) is 19.4. The van der Waals surface area contributed by atoms with Crippen LogP contribution in [0.5, 0.6) is 0 Å². The van der Waals surface area contributed by atoms with E-state index in [0.29, 0.717) is 18.0 Å². The smallest absolute Gasteiger partial charge is 0.221 e. The summed E-state index contributed by atoms with van der Waals surface area (Å²) in [6.45, 7) is 1.12. The Morgan fingerprint density at radius 1 is 0.941 bits per heavy atom. The number of carbonyl (C=O) groups excluding carboxylic acids is 1. The van der Waals surface area contributed by atoms with Crippen LogP contribution in [-0.2, 0) is 17.9 Å². The van der Waals surface area contributed by atoms with Crippen LogP contribution in [0.3, 0.4) is 0 Å². The number of carbonyl (C=O) groups is 1. The highest BCUT2D eigenvalue weighted by molar-refractivity contribution is 6.30. The Kier molecular flexibility index (Phi) is 6.50. The minimum absolute atomic E-state index is 0.0405. The zero-order chi connectivity index (χ0) is 23.3. The lowest BCUT2D eigenvalue weighted by Gasteiger charge is -2.17. The number of benzene rings is 3. The molecule has 170 valence electrons. The number of nitrogens with one attached hydrogen (secondary N) is 1. The highest BCUT2D eigenvalue weighted by Gasteiger charge is 2.23. The monoisotopic (exact) mass is 468 g/mol. The number of rotatable bonds is 8. The Morgan fingerprint density at radius 3 is 2.56 bits per heavy atom. The van der Waals surface area contributed by atoms with Crippen molar-refractivity contribution in [3.63, 3.8) is 0 Å². The Hall–Kier alpha value is -3.76. The molecule has 0 aliphatic rings. The highest BCUT2D eigenvalue weighted by atomic mass is 35.5. The molecule has 0 aliphatic heterocycles. The lowest BCUT2D eigenvalue weighted by molar-refractivity contribution is -0.121. The van der Waals surface area contributed by atoms with Gasteiger partial charge in [0.1, 0.15) is 5.76 Å². The maximum Gasteiger partial charge on any atom is 0.221 e. The molecule has 0 aliphatic carbocycles. The molecule has 0 radical (unpaired) electrons. The molecule has 0 fully saturated rings. The van der Waals surface area contributed by atoms with Crippen LogP contribution in [0.1, 0.15) is 34.8 Å². The molecule has 5 rings (SSSR count). The number of fused-ring (bicyclic) bond motifs is 1. The predicted molar refractivity (Wildman–Crippen MR) is 136 cm³/mol. The minimum Gasteiger partial charge on any atom is -0.467 e. The number of para-hydroxylation sites is 1. The first kappa shape index (κ1) is 22.1. The summed E-state index contributed by atoms with van der Waals surface area (Å²) >= 11 is 6.35. The summed E-state index contributed by atoms with van der Waals surface area (Å²) in [5.74, 6) is 0.547. The van der Waals surface area contributed by atoms with Gasteiger partial charge in [0.05, 0.1) is 12.8 Å². The van der Waals surface area contributed by atoms with Crippen LogP contribution in [0.4, 0.5) is 0 Å². The molecular weight excluding hydrogens is 444 g/mol. The number of furan rings is 1. The summed E-state index contributed by atoms with van der Waals surface area (Å²) in [5, 5.41) is 4.79. The number of halogens is 1. The Balaban J connectivity index is 1.51. The summed E-state index contributed by atoms with van der Waals surface area (Å²) < 4.78 is 7.62. The van der Waals surface area contributed by atoms with Gasteiger partial charge in [-0.1, -0.05) is 72.3 Å². The lowest BCUT2D eigenvalue weighted by atomic mass is 9.88. The second kappa shape index (κ2) is 10.0. The lowest BCUT2D eigenvalue weighted by Crippen LogP contribution is -2.24. The standard InChI is InChI=1S/C29H25ClN2O2/c30-23-11-6-10-22(16-23)26(17-29(33)31-18-24-12-7-15-34-24)27-20-32(19-21-8-2-1-3-9-21)28-14-5-4-13-25(27)28/h1-16,20,26H,17-19H2,(H,31,33). The van der Waals surface area contributed by atoms with Crippen LogP contribution >= 0.6 is 11.6 Å². The quantitative estimate of drug-likeness (QED) is 0.273. The topological polar surface area (TPSA) is 47.2 Å². The Labute approximate surface area is 203 Å². The van der Waals surface area contributed by atoms with E-state index < -0.39 is 0 Å². The highest BCUT2D eigenvalue weighted by Crippen LogP contribution is 2.36. The normalized spacial score (nSPS) is 12.0. The first-order chi connectivity index (χ1) is 16.7. The third kappa shape index (κ3) is 4.92. The molecule has 34 heavy (non-hydrogen) atoms. The first-order valence-electron chi connectivity index (χ1n) is 11.3. The molecule has 1 atom stereocenters. The minimum atomic E-state index is -0.141. The van der Waals surface area contributed by atoms with Crippen LogP contribution < -0.4 is 5.32 Å². The van der Waals surface area contributed by atoms with Gasteiger partial charge in [0.2, 0.25) is 5.91 Å². The van der Waals surface area contributed by atoms with Gasteiger partial charge < -0.3 is 14.3 Å². The molecule has 0 bridgehead atoms. The Bertz CT molecular complexity index is 1390. The summed E-state index contributed by atoms with van der Waals surface area (Å²) in [6.07, 6.45) is 4.10. The van der Waals surface area contributed by atoms with Gasteiger partial charge in [-0.2, -0.15) is 0 Å². The predicted octanol–water partition coefficient (Wildman–Crippen LogP) is 6.77. The summed E-state index contributed by atoms with van der Waals surface area (Å²) in [7, 11) is 0. The van der Waals surface area contributed by atoms with E-state index in [4.69, 9.17) is 16.0 Å². The van der Waals surface area contributed by atoms with E-state index in [2.05, 4.69) is 58.5 Å². The van der Waals surface area contributed by atoms with Crippen molar-refractivity contribution in [3.8, 4) is 0 Å². The van der Waals surface area contributed by atoms with Crippen molar-refractivity contribution in [2.45, 2.75) is 25.4 Å². The molecule has 1 amide bonds. The van der Waals surface area contributed by atoms with Gasteiger partial charge in [-0.05, 0) is 47.0 Å². The van der Waals surface area contributed by atoms with E-state index in [1.807, 2.05) is 48.5 Å². The average molecular weight is 469 g/mol. The summed E-state index contributed by atoms with van der Waals surface area (Å²) in [5.41, 5.74) is 4.50. The van der Waals surface area contributed by atoms with Crippen molar-refractivity contribution in [1.82, 2.24) is 9.88 Å². The molecule has 0 saturated carbocycles. The van der Waals surface area contributed by atoms with Crippen LogP contribution in [0, 0.1) is 0 Å². The summed E-state index contributed by atoms with van der Waals surface area (Å²) in [6, 6.07) is 30.2. The van der Waals surface area contributed by atoms with Gasteiger partial charge in [0.25, 0.3) is 0 Å². The largest absolute Gasteiger partial charge is 0.467 e. The van der Waals surface area contributed by atoms with Gasteiger partial charge in [-0.25, -0.2) is 0 Å². The fraction of sp³-hybridized carbons (Fsp3) is 0.138. The van der Waals surface area contributed by atoms with Crippen molar-refractivity contribution in [1.29, 1.82) is 0 Å². The van der Waals surface area contributed by atoms with E-state index in [1.54, 1.807) is 6.26 Å². The van der Waals surface area contributed by atoms with Crippen LogP contribution in [0.2, 0.25) is 5.02 Å². The number of aromatic nitrogens is 1. The van der Waals surface area contributed by atoms with Crippen molar-refractivity contribution in [2.75, 3.05) is 0 Å². The molecule has 3 aromatic carbocycles. The molecule has 2 aromatic heterocycles.